The molecule has 0 aromatic rings. The summed E-state index contributed by atoms with van der Waals surface area (Å²) in [4.78, 5) is 60.8. The van der Waals surface area contributed by atoms with Crippen molar-refractivity contribution in [1.82, 2.24) is 0 Å². The quantitative estimate of drug-likeness (QED) is 0.352. The van der Waals surface area contributed by atoms with Gasteiger partial charge in [-0.05, 0) is 20.3 Å². The van der Waals surface area contributed by atoms with E-state index in [2.05, 4.69) is 0 Å². The third-order valence-electron chi connectivity index (χ3n) is 6.25. The summed E-state index contributed by atoms with van der Waals surface area (Å²) in [6.07, 6.45) is -2.02. The predicted octanol–water partition coefficient (Wildman–Crippen LogP) is 0.871. The van der Waals surface area contributed by atoms with Crippen LogP contribution in [0, 0.1) is 11.8 Å². The molecule has 7 atom stereocenters. The SMILES string of the molecule is CC(=O)OC[C@@H]1C(=O)O[C@H]2[C@H]1[C@@H](OC(C)=O)C[C@@](C)(OC(C)=O)C(=O)CC[C@@]1(C)O[C@@H]21. The predicted molar refractivity (Wildman–Crippen MR) is 101 cm³/mol. The number of epoxide rings is 1. The fourth-order valence-corrected chi connectivity index (χ4v) is 4.69. The zero-order valence-electron chi connectivity index (χ0n) is 18.3. The van der Waals surface area contributed by atoms with E-state index in [0.717, 1.165) is 0 Å². The van der Waals surface area contributed by atoms with Crippen LogP contribution in [0.2, 0.25) is 0 Å². The molecule has 2 saturated heterocycles. The van der Waals surface area contributed by atoms with Crippen molar-refractivity contribution < 1.29 is 47.7 Å². The number of hydrogen-bond donors (Lipinski definition) is 0. The van der Waals surface area contributed by atoms with Crippen LogP contribution in [0.5, 0.6) is 0 Å². The van der Waals surface area contributed by atoms with Crippen molar-refractivity contribution in [2.24, 2.45) is 11.8 Å². The van der Waals surface area contributed by atoms with Gasteiger partial charge in [0.2, 0.25) is 0 Å². The number of carbonyl (C=O) groups is 5. The lowest BCUT2D eigenvalue weighted by atomic mass is 9.75. The molecule has 1 aliphatic carbocycles. The minimum Gasteiger partial charge on any atom is -0.465 e. The van der Waals surface area contributed by atoms with Gasteiger partial charge in [0.1, 0.15) is 30.8 Å². The van der Waals surface area contributed by atoms with Crippen molar-refractivity contribution in [3.8, 4) is 0 Å². The summed E-state index contributed by atoms with van der Waals surface area (Å²) in [5.41, 5.74) is -2.30. The third-order valence-corrected chi connectivity index (χ3v) is 6.25. The number of carbonyl (C=O) groups excluding carboxylic acids is 5. The Hall–Kier alpha value is -2.49. The van der Waals surface area contributed by atoms with Crippen LogP contribution in [0.15, 0.2) is 0 Å². The first kappa shape index (κ1) is 23.2. The van der Waals surface area contributed by atoms with Crippen LogP contribution in [0.25, 0.3) is 0 Å². The van der Waals surface area contributed by atoms with E-state index < -0.39 is 65.2 Å². The van der Waals surface area contributed by atoms with Crippen LogP contribution in [0.4, 0.5) is 0 Å². The molecule has 31 heavy (non-hydrogen) atoms. The summed E-state index contributed by atoms with van der Waals surface area (Å²) in [7, 11) is 0. The Morgan fingerprint density at radius 3 is 2.32 bits per heavy atom. The monoisotopic (exact) mass is 440 g/mol. The van der Waals surface area contributed by atoms with Gasteiger partial charge < -0.3 is 23.7 Å². The fraction of sp³-hybridized carbons (Fsp3) is 0.762. The Bertz CT molecular complexity index is 806. The molecule has 0 N–H and O–H groups in total. The zero-order chi connectivity index (χ0) is 23.1. The van der Waals surface area contributed by atoms with Gasteiger partial charge in [-0.3, -0.25) is 24.0 Å². The summed E-state index contributed by atoms with van der Waals surface area (Å²) in [5, 5.41) is 0. The van der Waals surface area contributed by atoms with Crippen LogP contribution in [0.1, 0.15) is 53.9 Å². The molecule has 0 aromatic carbocycles. The third kappa shape index (κ3) is 4.73. The maximum absolute atomic E-state index is 13.0. The van der Waals surface area contributed by atoms with Crippen molar-refractivity contribution >= 4 is 29.7 Å². The van der Waals surface area contributed by atoms with Crippen molar-refractivity contribution in [3.05, 3.63) is 0 Å². The molecule has 3 aliphatic rings. The zero-order valence-corrected chi connectivity index (χ0v) is 18.3. The Morgan fingerprint density at radius 1 is 1.06 bits per heavy atom. The van der Waals surface area contributed by atoms with E-state index in [0.29, 0.717) is 6.42 Å². The second-order valence-electron chi connectivity index (χ2n) is 8.84. The molecule has 0 radical (unpaired) electrons. The summed E-state index contributed by atoms with van der Waals surface area (Å²) in [5.74, 6) is -4.50. The molecular formula is C21H28O10. The van der Waals surface area contributed by atoms with Gasteiger partial charge in [-0.2, -0.15) is 0 Å². The van der Waals surface area contributed by atoms with E-state index >= 15 is 0 Å². The van der Waals surface area contributed by atoms with E-state index in [4.69, 9.17) is 23.7 Å². The minimum atomic E-state index is -1.58. The minimum absolute atomic E-state index is 0.0752. The summed E-state index contributed by atoms with van der Waals surface area (Å²) in [6, 6.07) is 0. The first-order valence-electron chi connectivity index (χ1n) is 10.3. The van der Waals surface area contributed by atoms with E-state index in [1.165, 1.54) is 27.7 Å². The summed E-state index contributed by atoms with van der Waals surface area (Å²) in [6.45, 7) is 6.61. The molecule has 1 saturated carbocycles. The fourth-order valence-electron chi connectivity index (χ4n) is 4.69. The van der Waals surface area contributed by atoms with Crippen LogP contribution in [-0.4, -0.2) is 65.8 Å². The van der Waals surface area contributed by atoms with Gasteiger partial charge in [0.05, 0.1) is 11.5 Å². The average molecular weight is 440 g/mol. The molecule has 2 heterocycles. The van der Waals surface area contributed by atoms with Crippen LogP contribution in [0.3, 0.4) is 0 Å². The Morgan fingerprint density at radius 2 is 1.74 bits per heavy atom. The first-order chi connectivity index (χ1) is 14.4. The first-order valence-corrected chi connectivity index (χ1v) is 10.3. The Labute approximate surface area is 179 Å². The van der Waals surface area contributed by atoms with Gasteiger partial charge >= 0.3 is 23.9 Å². The van der Waals surface area contributed by atoms with E-state index in [1.807, 2.05) is 0 Å². The second kappa shape index (κ2) is 8.22. The molecule has 172 valence electrons. The summed E-state index contributed by atoms with van der Waals surface area (Å²) >= 11 is 0. The van der Waals surface area contributed by atoms with E-state index in [1.54, 1.807) is 6.92 Å². The number of ketones is 1. The highest BCUT2D eigenvalue weighted by molar-refractivity contribution is 5.89. The lowest BCUT2D eigenvalue weighted by Crippen LogP contribution is -2.50. The average Bonchev–Trinajstić information content (AvgIpc) is 3.19. The number of fused-ring (bicyclic) bond motifs is 3. The molecular weight excluding hydrogens is 412 g/mol. The van der Waals surface area contributed by atoms with Crippen LogP contribution in [-0.2, 0) is 47.7 Å². The van der Waals surface area contributed by atoms with Gasteiger partial charge in [0, 0.05) is 33.6 Å². The molecule has 2 aliphatic heterocycles. The molecule has 0 amide bonds. The van der Waals surface area contributed by atoms with Crippen molar-refractivity contribution in [3.63, 3.8) is 0 Å². The van der Waals surface area contributed by atoms with Gasteiger partial charge in [-0.25, -0.2) is 0 Å². The molecule has 0 bridgehead atoms. The topological polar surface area (TPSA) is 135 Å². The molecule has 0 aromatic heterocycles. The molecule has 0 unspecified atom stereocenters. The largest absolute Gasteiger partial charge is 0.465 e. The maximum atomic E-state index is 13.0. The molecule has 10 nitrogen and oxygen atoms in total. The highest BCUT2D eigenvalue weighted by Gasteiger charge is 2.66. The number of hydrogen-bond acceptors (Lipinski definition) is 10. The number of esters is 4. The maximum Gasteiger partial charge on any atom is 0.313 e. The number of Topliss-reactive ketones (excluding diaryl/α,β-unsaturated/α-hetero) is 1. The number of ether oxygens (including phenoxy) is 5. The van der Waals surface area contributed by atoms with Crippen molar-refractivity contribution in [1.29, 1.82) is 0 Å². The molecule has 0 spiro atoms. The van der Waals surface area contributed by atoms with Crippen molar-refractivity contribution in [2.75, 3.05) is 6.61 Å². The number of rotatable bonds is 4. The van der Waals surface area contributed by atoms with Crippen LogP contribution < -0.4 is 0 Å². The lowest BCUT2D eigenvalue weighted by Gasteiger charge is -2.36. The molecule has 3 fully saturated rings. The van der Waals surface area contributed by atoms with Gasteiger partial charge in [-0.15, -0.1) is 0 Å². The van der Waals surface area contributed by atoms with Gasteiger partial charge in [0.25, 0.3) is 0 Å². The summed E-state index contributed by atoms with van der Waals surface area (Å²) < 4.78 is 27.4. The molecule has 3 rings (SSSR count). The van der Waals surface area contributed by atoms with Crippen molar-refractivity contribution in [2.45, 2.75) is 83.4 Å². The van der Waals surface area contributed by atoms with E-state index in [-0.39, 0.29) is 25.2 Å². The molecule has 10 heteroatoms. The Kier molecular flexibility index (Phi) is 6.14. The second-order valence-corrected chi connectivity index (χ2v) is 8.84. The van der Waals surface area contributed by atoms with Crippen LogP contribution >= 0.6 is 0 Å². The van der Waals surface area contributed by atoms with Gasteiger partial charge in [0.15, 0.2) is 11.4 Å². The Balaban J connectivity index is 2.04. The standard InChI is InChI=1S/C21H28O10/c1-10(22)27-9-13-16-14(28-11(2)23)8-21(5,30-12(3)24)15(25)6-7-20(4)18(31-20)17(16)29-19(13)26/h13-14,16-18H,6-9H2,1-5H3/t13-,14-,16+,17-,18-,20+,21+/m0/s1. The van der Waals surface area contributed by atoms with E-state index in [9.17, 15) is 24.0 Å². The smallest absolute Gasteiger partial charge is 0.313 e. The highest BCUT2D eigenvalue weighted by Crippen LogP contribution is 2.51. The lowest BCUT2D eigenvalue weighted by molar-refractivity contribution is -0.174. The highest BCUT2D eigenvalue weighted by atomic mass is 16.7. The van der Waals surface area contributed by atoms with Gasteiger partial charge in [-0.1, -0.05) is 0 Å². The normalized spacial score (nSPS) is 39.5.